The highest BCUT2D eigenvalue weighted by atomic mass is 32.2. The molecule has 0 bridgehead atoms. The third-order valence-corrected chi connectivity index (χ3v) is 6.60. The standard InChI is InChI=1S/C22H25F3N4O3S/c1-3-10-28-20(18-11-31-16-6-4-5-7-17(16)32-18)26-27-21(28)33-12-19(30)29(13-22(23,24)25)14(2)15-8-9-15/h3-7,14-15,18H,1,8-13H2,2H3. The summed E-state index contributed by atoms with van der Waals surface area (Å²) in [4.78, 5) is 13.7. The van der Waals surface area contributed by atoms with Crippen molar-refractivity contribution < 1.29 is 27.4 Å². The number of aromatic nitrogens is 3. The molecule has 1 aromatic carbocycles. The molecule has 2 unspecified atom stereocenters. The average Bonchev–Trinajstić information content (AvgIpc) is 3.56. The molecule has 1 aliphatic heterocycles. The van der Waals surface area contributed by atoms with Crippen LogP contribution in [-0.2, 0) is 11.3 Å². The van der Waals surface area contributed by atoms with Gasteiger partial charge in [0.25, 0.3) is 0 Å². The summed E-state index contributed by atoms with van der Waals surface area (Å²) in [6, 6.07) is 6.83. The molecule has 2 atom stereocenters. The predicted octanol–water partition coefficient (Wildman–Crippen LogP) is 4.26. The molecule has 0 spiro atoms. The van der Waals surface area contributed by atoms with Gasteiger partial charge >= 0.3 is 6.18 Å². The number of ether oxygens (including phenoxy) is 2. The van der Waals surface area contributed by atoms with Crippen LogP contribution in [0.1, 0.15) is 31.7 Å². The van der Waals surface area contributed by atoms with Gasteiger partial charge in [0.1, 0.15) is 13.2 Å². The average molecular weight is 483 g/mol. The molecular weight excluding hydrogens is 457 g/mol. The Morgan fingerprint density at radius 3 is 2.73 bits per heavy atom. The Morgan fingerprint density at radius 2 is 2.06 bits per heavy atom. The van der Waals surface area contributed by atoms with Crippen molar-refractivity contribution in [3.8, 4) is 11.5 Å². The van der Waals surface area contributed by atoms with Gasteiger partial charge in [0.15, 0.2) is 28.6 Å². The smallest absolute Gasteiger partial charge is 0.406 e. The molecule has 2 heterocycles. The van der Waals surface area contributed by atoms with Crippen molar-refractivity contribution in [2.24, 2.45) is 5.92 Å². The quantitative estimate of drug-likeness (QED) is 0.393. The molecule has 0 saturated heterocycles. The van der Waals surface area contributed by atoms with Crippen LogP contribution in [0.2, 0.25) is 0 Å². The van der Waals surface area contributed by atoms with E-state index in [0.717, 1.165) is 29.5 Å². The number of hydrogen-bond acceptors (Lipinski definition) is 6. The molecule has 1 aliphatic carbocycles. The van der Waals surface area contributed by atoms with Gasteiger partial charge in [-0.2, -0.15) is 13.2 Å². The molecule has 7 nitrogen and oxygen atoms in total. The zero-order valence-electron chi connectivity index (χ0n) is 18.1. The maximum absolute atomic E-state index is 13.1. The van der Waals surface area contributed by atoms with Gasteiger partial charge in [0.05, 0.1) is 5.75 Å². The number of amides is 1. The van der Waals surface area contributed by atoms with E-state index in [0.29, 0.717) is 29.0 Å². The molecular formula is C22H25F3N4O3S. The molecule has 4 rings (SSSR count). The lowest BCUT2D eigenvalue weighted by molar-refractivity contribution is -0.164. The second kappa shape index (κ2) is 9.66. The van der Waals surface area contributed by atoms with E-state index in [9.17, 15) is 18.0 Å². The van der Waals surface area contributed by atoms with E-state index in [1.807, 2.05) is 18.2 Å². The van der Waals surface area contributed by atoms with Crippen LogP contribution in [0.5, 0.6) is 11.5 Å². The molecule has 1 aromatic heterocycles. The molecule has 33 heavy (non-hydrogen) atoms. The van der Waals surface area contributed by atoms with Crippen molar-refractivity contribution >= 4 is 17.7 Å². The summed E-state index contributed by atoms with van der Waals surface area (Å²) in [5, 5.41) is 8.79. The minimum absolute atomic E-state index is 0.128. The number of nitrogens with zero attached hydrogens (tertiary/aromatic N) is 4. The number of carbonyl (C=O) groups is 1. The van der Waals surface area contributed by atoms with E-state index in [1.54, 1.807) is 23.6 Å². The molecule has 1 saturated carbocycles. The Kier molecular flexibility index (Phi) is 6.87. The first-order valence-electron chi connectivity index (χ1n) is 10.7. The molecule has 2 aliphatic rings. The lowest BCUT2D eigenvalue weighted by atomic mass is 10.2. The fourth-order valence-electron chi connectivity index (χ4n) is 3.79. The van der Waals surface area contributed by atoms with Gasteiger partial charge in [-0.25, -0.2) is 0 Å². The number of halogens is 3. The van der Waals surface area contributed by atoms with E-state index in [2.05, 4.69) is 16.8 Å². The number of allylic oxidation sites excluding steroid dienone is 1. The van der Waals surface area contributed by atoms with Crippen molar-refractivity contribution in [2.75, 3.05) is 18.9 Å². The summed E-state index contributed by atoms with van der Waals surface area (Å²) in [7, 11) is 0. The van der Waals surface area contributed by atoms with E-state index in [1.165, 1.54) is 0 Å². The fourth-order valence-corrected chi connectivity index (χ4v) is 4.63. The second-order valence-corrected chi connectivity index (χ2v) is 9.05. The maximum atomic E-state index is 13.1. The van der Waals surface area contributed by atoms with Gasteiger partial charge in [0, 0.05) is 12.6 Å². The molecule has 11 heteroatoms. The fraction of sp³-hybridized carbons (Fsp3) is 0.500. The van der Waals surface area contributed by atoms with E-state index < -0.39 is 30.8 Å². The number of carbonyl (C=O) groups excluding carboxylic acids is 1. The molecule has 1 fully saturated rings. The first-order chi connectivity index (χ1) is 15.8. The summed E-state index contributed by atoms with van der Waals surface area (Å²) >= 11 is 1.06. The SMILES string of the molecule is C=CCn1c(SCC(=O)N(CC(F)(F)F)C(C)C2CC2)nnc1C1COc2ccccc2O1. The van der Waals surface area contributed by atoms with Crippen LogP contribution in [-0.4, -0.2) is 56.7 Å². The van der Waals surface area contributed by atoms with Crippen LogP contribution in [0.25, 0.3) is 0 Å². The molecule has 178 valence electrons. The Morgan fingerprint density at radius 1 is 1.33 bits per heavy atom. The van der Waals surface area contributed by atoms with Crippen LogP contribution in [0.4, 0.5) is 13.2 Å². The summed E-state index contributed by atoms with van der Waals surface area (Å²) < 4.78 is 52.8. The van der Waals surface area contributed by atoms with Crippen LogP contribution in [0.3, 0.4) is 0 Å². The normalized spacial score (nSPS) is 18.6. The van der Waals surface area contributed by atoms with Gasteiger partial charge in [-0.15, -0.1) is 16.8 Å². The number of para-hydroxylation sites is 2. The molecule has 2 aromatic rings. The number of rotatable bonds is 9. The maximum Gasteiger partial charge on any atom is 0.406 e. The third kappa shape index (κ3) is 5.63. The van der Waals surface area contributed by atoms with Gasteiger partial charge in [-0.3, -0.25) is 9.36 Å². The Labute approximate surface area is 193 Å². The molecule has 0 N–H and O–H groups in total. The second-order valence-electron chi connectivity index (χ2n) is 8.11. The van der Waals surface area contributed by atoms with Crippen LogP contribution >= 0.6 is 11.8 Å². The first-order valence-corrected chi connectivity index (χ1v) is 11.7. The Hall–Kier alpha value is -2.69. The third-order valence-electron chi connectivity index (χ3n) is 5.64. The largest absolute Gasteiger partial charge is 0.485 e. The number of fused-ring (bicyclic) bond motifs is 1. The summed E-state index contributed by atoms with van der Waals surface area (Å²) in [6.45, 7) is 4.77. The lowest BCUT2D eigenvalue weighted by Crippen LogP contribution is -2.46. The monoisotopic (exact) mass is 482 g/mol. The highest BCUT2D eigenvalue weighted by molar-refractivity contribution is 7.99. The van der Waals surface area contributed by atoms with Crippen molar-refractivity contribution in [1.82, 2.24) is 19.7 Å². The molecule has 0 radical (unpaired) electrons. The van der Waals surface area contributed by atoms with Crippen molar-refractivity contribution in [1.29, 1.82) is 0 Å². The minimum Gasteiger partial charge on any atom is -0.485 e. The van der Waals surface area contributed by atoms with Crippen LogP contribution < -0.4 is 9.47 Å². The van der Waals surface area contributed by atoms with E-state index >= 15 is 0 Å². The van der Waals surface area contributed by atoms with E-state index in [4.69, 9.17) is 9.47 Å². The Bertz CT molecular complexity index is 1010. The number of benzene rings is 1. The number of alkyl halides is 3. The number of hydrogen-bond donors (Lipinski definition) is 0. The van der Waals surface area contributed by atoms with Crippen LogP contribution in [0, 0.1) is 5.92 Å². The number of thioether (sulfide) groups is 1. The van der Waals surface area contributed by atoms with Crippen LogP contribution in [0.15, 0.2) is 42.1 Å². The van der Waals surface area contributed by atoms with Crippen molar-refractivity contribution in [3.63, 3.8) is 0 Å². The summed E-state index contributed by atoms with van der Waals surface area (Å²) in [5.74, 6) is 1.10. The Balaban J connectivity index is 1.47. The lowest BCUT2D eigenvalue weighted by Gasteiger charge is -2.30. The highest BCUT2D eigenvalue weighted by Gasteiger charge is 2.40. The van der Waals surface area contributed by atoms with Gasteiger partial charge in [0.2, 0.25) is 5.91 Å². The van der Waals surface area contributed by atoms with Gasteiger partial charge in [-0.1, -0.05) is 30.0 Å². The zero-order chi connectivity index (χ0) is 23.6. The summed E-state index contributed by atoms with van der Waals surface area (Å²) in [6.07, 6.45) is -1.62. The van der Waals surface area contributed by atoms with E-state index in [-0.39, 0.29) is 18.3 Å². The predicted molar refractivity (Wildman–Crippen MR) is 116 cm³/mol. The van der Waals surface area contributed by atoms with Crippen molar-refractivity contribution in [3.05, 3.63) is 42.7 Å². The minimum atomic E-state index is -4.45. The highest BCUT2D eigenvalue weighted by Crippen LogP contribution is 2.38. The van der Waals surface area contributed by atoms with Gasteiger partial charge in [-0.05, 0) is 37.8 Å². The van der Waals surface area contributed by atoms with Crippen molar-refractivity contribution in [2.45, 2.75) is 49.8 Å². The summed E-state index contributed by atoms with van der Waals surface area (Å²) in [5.41, 5.74) is 0. The first kappa shape index (κ1) is 23.5. The topological polar surface area (TPSA) is 69.5 Å². The molecule has 1 amide bonds. The van der Waals surface area contributed by atoms with Gasteiger partial charge < -0.3 is 14.4 Å². The zero-order valence-corrected chi connectivity index (χ0v) is 18.9.